The number of hydrogen-bond acceptors (Lipinski definition) is 6. The number of aliphatic carboxylic acids is 1. The number of nitrogens with zero attached hydrogens (tertiary/aromatic N) is 2. The van der Waals surface area contributed by atoms with Crippen LogP contribution in [0.2, 0.25) is 5.02 Å². The second kappa shape index (κ2) is 10.1. The highest BCUT2D eigenvalue weighted by Crippen LogP contribution is 2.23. The molecular formula is C23H25ClN4O5. The number of aliphatic hydroxyl groups is 2. The van der Waals surface area contributed by atoms with E-state index in [1.807, 2.05) is 42.5 Å². The Morgan fingerprint density at radius 3 is 2.42 bits per heavy atom. The first kappa shape index (κ1) is 24.4. The molecule has 0 saturated carbocycles. The number of carboxylic acid groups (broad SMARTS) is 1. The van der Waals surface area contributed by atoms with E-state index in [4.69, 9.17) is 16.7 Å². The Labute approximate surface area is 195 Å². The second-order valence-corrected chi connectivity index (χ2v) is 8.55. The summed E-state index contributed by atoms with van der Waals surface area (Å²) in [5, 5.41) is 37.3. The Kier molecular flexibility index (Phi) is 7.50. The summed E-state index contributed by atoms with van der Waals surface area (Å²) in [5.41, 5.74) is 4.38. The lowest BCUT2D eigenvalue weighted by molar-refractivity contribution is -0.148. The van der Waals surface area contributed by atoms with Crippen molar-refractivity contribution in [3.05, 3.63) is 76.6 Å². The normalized spacial score (nSPS) is 12.5. The predicted molar refractivity (Wildman–Crippen MR) is 122 cm³/mol. The molecule has 1 amide bonds. The van der Waals surface area contributed by atoms with Crippen LogP contribution in [-0.2, 0) is 16.9 Å². The third-order valence-electron chi connectivity index (χ3n) is 4.87. The zero-order valence-corrected chi connectivity index (χ0v) is 18.9. The highest BCUT2D eigenvalue weighted by molar-refractivity contribution is 6.30. The fraction of sp³-hybridized carbons (Fsp3) is 0.261. The average Bonchev–Trinajstić information content (AvgIpc) is 3.25. The van der Waals surface area contributed by atoms with Crippen LogP contribution >= 0.6 is 11.6 Å². The summed E-state index contributed by atoms with van der Waals surface area (Å²) in [6, 6.07) is 16.3. The molecule has 0 bridgehead atoms. The van der Waals surface area contributed by atoms with Crippen molar-refractivity contribution in [3.63, 3.8) is 0 Å². The van der Waals surface area contributed by atoms with Gasteiger partial charge in [-0.05, 0) is 48.7 Å². The third-order valence-corrected chi connectivity index (χ3v) is 5.11. The lowest BCUT2D eigenvalue weighted by Gasteiger charge is -2.24. The van der Waals surface area contributed by atoms with Gasteiger partial charge in [-0.3, -0.25) is 15.3 Å². The Balaban J connectivity index is 1.75. The zero-order chi connectivity index (χ0) is 24.2. The average molecular weight is 473 g/mol. The Morgan fingerprint density at radius 2 is 1.85 bits per heavy atom. The van der Waals surface area contributed by atoms with Crippen LogP contribution in [0.5, 0.6) is 0 Å². The minimum atomic E-state index is -1.70. The van der Waals surface area contributed by atoms with Crippen molar-refractivity contribution in [1.29, 1.82) is 0 Å². The van der Waals surface area contributed by atoms with E-state index < -0.39 is 23.6 Å². The number of amides is 1. The lowest BCUT2D eigenvalue weighted by atomic mass is 10.0. The molecule has 1 atom stereocenters. The highest BCUT2D eigenvalue weighted by atomic mass is 35.5. The fourth-order valence-electron chi connectivity index (χ4n) is 3.08. The molecule has 1 aromatic heterocycles. The van der Waals surface area contributed by atoms with Crippen molar-refractivity contribution in [2.45, 2.75) is 32.1 Å². The number of carbonyl (C=O) groups excluding carboxylic acids is 1. The van der Waals surface area contributed by atoms with Crippen molar-refractivity contribution < 1.29 is 24.9 Å². The summed E-state index contributed by atoms with van der Waals surface area (Å²) in [4.78, 5) is 23.8. The largest absolute Gasteiger partial charge is 0.479 e. The van der Waals surface area contributed by atoms with E-state index in [9.17, 15) is 19.8 Å². The lowest BCUT2D eigenvalue weighted by Crippen LogP contribution is -2.47. The van der Waals surface area contributed by atoms with Crippen LogP contribution in [0.25, 0.3) is 11.1 Å². The topological polar surface area (TPSA) is 139 Å². The molecule has 0 aliphatic heterocycles. The molecule has 10 heteroatoms. The van der Waals surface area contributed by atoms with Crippen molar-refractivity contribution in [2.24, 2.45) is 0 Å². The Bertz CT molecular complexity index is 1120. The monoisotopic (exact) mass is 472 g/mol. The van der Waals surface area contributed by atoms with Gasteiger partial charge in [-0.15, -0.1) is 0 Å². The SMILES string of the molecule is CC(C)(O)c1cc(C(=O)NN(Cc2ccc(-c3cccc(Cl)c3)cc2)CC(O)C(=O)O)[nH]n1. The molecule has 0 saturated heterocycles. The molecule has 3 aromatic rings. The van der Waals surface area contributed by atoms with E-state index in [0.29, 0.717) is 5.02 Å². The Hall–Kier alpha value is -3.24. The number of nitrogens with one attached hydrogen (secondary N) is 2. The van der Waals surface area contributed by atoms with Crippen LogP contribution in [0.3, 0.4) is 0 Å². The fourth-order valence-corrected chi connectivity index (χ4v) is 3.27. The number of hydrazine groups is 1. The van der Waals surface area contributed by atoms with E-state index in [0.717, 1.165) is 16.7 Å². The number of aromatic nitrogens is 2. The number of benzene rings is 2. The number of H-pyrrole nitrogens is 1. The summed E-state index contributed by atoms with van der Waals surface area (Å²) < 4.78 is 0. The van der Waals surface area contributed by atoms with Crippen molar-refractivity contribution >= 4 is 23.5 Å². The molecule has 33 heavy (non-hydrogen) atoms. The zero-order valence-electron chi connectivity index (χ0n) is 18.1. The van der Waals surface area contributed by atoms with E-state index in [1.54, 1.807) is 6.07 Å². The van der Waals surface area contributed by atoms with Gasteiger partial charge in [0, 0.05) is 11.6 Å². The van der Waals surface area contributed by atoms with E-state index in [1.165, 1.54) is 24.9 Å². The standard InChI is InChI=1S/C23H25ClN4O5/c1-23(2,33)20-11-18(25-26-20)21(30)27-28(13-19(29)22(31)32)12-14-6-8-15(9-7-14)16-4-3-5-17(24)10-16/h3-11,19,29,33H,12-13H2,1-2H3,(H,25,26)(H,27,30)(H,31,32). The van der Waals surface area contributed by atoms with Crippen LogP contribution in [0.15, 0.2) is 54.6 Å². The molecule has 0 aliphatic carbocycles. The first-order valence-corrected chi connectivity index (χ1v) is 10.5. The smallest absolute Gasteiger partial charge is 0.333 e. The molecule has 174 valence electrons. The first-order chi connectivity index (χ1) is 15.5. The number of hydrogen-bond donors (Lipinski definition) is 5. The summed E-state index contributed by atoms with van der Waals surface area (Å²) >= 11 is 6.05. The number of carbonyl (C=O) groups is 2. The molecule has 2 aromatic carbocycles. The minimum Gasteiger partial charge on any atom is -0.479 e. The Morgan fingerprint density at radius 1 is 1.15 bits per heavy atom. The van der Waals surface area contributed by atoms with Gasteiger partial charge in [0.15, 0.2) is 6.10 Å². The van der Waals surface area contributed by atoms with Crippen LogP contribution in [-0.4, -0.2) is 55.1 Å². The summed E-state index contributed by atoms with van der Waals surface area (Å²) in [7, 11) is 0. The van der Waals surface area contributed by atoms with E-state index in [2.05, 4.69) is 15.6 Å². The van der Waals surface area contributed by atoms with Gasteiger partial charge >= 0.3 is 5.97 Å². The summed E-state index contributed by atoms with van der Waals surface area (Å²) in [5.74, 6) is -2.00. The van der Waals surface area contributed by atoms with Crippen LogP contribution < -0.4 is 5.43 Å². The van der Waals surface area contributed by atoms with Crippen molar-refractivity contribution in [1.82, 2.24) is 20.6 Å². The van der Waals surface area contributed by atoms with Gasteiger partial charge in [0.1, 0.15) is 11.3 Å². The van der Waals surface area contributed by atoms with E-state index in [-0.39, 0.29) is 24.5 Å². The van der Waals surface area contributed by atoms with Gasteiger partial charge in [0.25, 0.3) is 5.91 Å². The molecule has 0 fully saturated rings. The van der Waals surface area contributed by atoms with Crippen LogP contribution in [0.1, 0.15) is 35.6 Å². The maximum atomic E-state index is 12.7. The number of carboxylic acids is 1. The second-order valence-electron chi connectivity index (χ2n) is 8.11. The molecule has 0 aliphatic rings. The molecule has 1 unspecified atom stereocenters. The number of halogens is 1. The van der Waals surface area contributed by atoms with Gasteiger partial charge < -0.3 is 15.3 Å². The van der Waals surface area contributed by atoms with Gasteiger partial charge in [0.05, 0.1) is 12.2 Å². The first-order valence-electron chi connectivity index (χ1n) is 10.1. The molecule has 9 nitrogen and oxygen atoms in total. The highest BCUT2D eigenvalue weighted by Gasteiger charge is 2.24. The number of rotatable bonds is 9. The van der Waals surface area contributed by atoms with Gasteiger partial charge in [0.2, 0.25) is 0 Å². The van der Waals surface area contributed by atoms with Gasteiger partial charge in [-0.1, -0.05) is 48.0 Å². The number of aliphatic hydroxyl groups excluding tert-OH is 1. The van der Waals surface area contributed by atoms with Gasteiger partial charge in [-0.25, -0.2) is 9.80 Å². The maximum Gasteiger partial charge on any atom is 0.333 e. The van der Waals surface area contributed by atoms with Crippen LogP contribution in [0, 0.1) is 0 Å². The molecule has 3 rings (SSSR count). The molecular weight excluding hydrogens is 448 g/mol. The van der Waals surface area contributed by atoms with Crippen molar-refractivity contribution in [2.75, 3.05) is 6.54 Å². The molecule has 5 N–H and O–H groups in total. The quantitative estimate of drug-likeness (QED) is 0.301. The molecule has 0 spiro atoms. The summed E-state index contributed by atoms with van der Waals surface area (Å²) in [6.07, 6.45) is -1.70. The van der Waals surface area contributed by atoms with Crippen LogP contribution in [0.4, 0.5) is 0 Å². The van der Waals surface area contributed by atoms with Gasteiger partial charge in [-0.2, -0.15) is 5.10 Å². The summed E-state index contributed by atoms with van der Waals surface area (Å²) in [6.45, 7) is 2.86. The molecule has 0 radical (unpaired) electrons. The minimum absolute atomic E-state index is 0.0817. The maximum absolute atomic E-state index is 12.7. The predicted octanol–water partition coefficient (Wildman–Crippen LogP) is 2.55. The van der Waals surface area contributed by atoms with E-state index >= 15 is 0 Å². The molecule has 1 heterocycles. The number of aromatic amines is 1. The third kappa shape index (κ3) is 6.62. The van der Waals surface area contributed by atoms with Crippen molar-refractivity contribution in [3.8, 4) is 11.1 Å².